The molecule has 0 bridgehead atoms. The summed E-state index contributed by atoms with van der Waals surface area (Å²) in [6.07, 6.45) is 0. The Morgan fingerprint density at radius 1 is 1.14 bits per heavy atom. The number of para-hydroxylation sites is 1. The lowest BCUT2D eigenvalue weighted by molar-refractivity contribution is -0.137. The van der Waals surface area contributed by atoms with Gasteiger partial charge in [-0.25, -0.2) is 0 Å². The lowest BCUT2D eigenvalue weighted by Crippen LogP contribution is -2.18. The second kappa shape index (κ2) is 5.41. The molecule has 0 unspecified atom stereocenters. The van der Waals surface area contributed by atoms with Gasteiger partial charge in [0.1, 0.15) is 18.0 Å². The van der Waals surface area contributed by atoms with Gasteiger partial charge in [-0.15, -0.1) is 0 Å². The maximum absolute atomic E-state index is 11.8. The van der Waals surface area contributed by atoms with E-state index in [4.69, 9.17) is 9.84 Å². The number of fused-ring (bicyclic) bond motifs is 1. The van der Waals surface area contributed by atoms with Crippen molar-refractivity contribution in [3.8, 4) is 11.5 Å². The van der Waals surface area contributed by atoms with Crippen molar-refractivity contribution in [2.24, 2.45) is 0 Å². The first-order valence-corrected chi connectivity index (χ1v) is 7.03. The van der Waals surface area contributed by atoms with E-state index < -0.39 is 5.97 Å². The van der Waals surface area contributed by atoms with Gasteiger partial charge in [-0.2, -0.15) is 0 Å². The summed E-state index contributed by atoms with van der Waals surface area (Å²) in [5.74, 6) is 0.191. The van der Waals surface area contributed by atoms with E-state index in [1.54, 1.807) is 18.2 Å². The molecule has 0 atom stereocenters. The van der Waals surface area contributed by atoms with Crippen molar-refractivity contribution in [2.75, 3.05) is 0 Å². The van der Waals surface area contributed by atoms with E-state index in [0.717, 1.165) is 16.0 Å². The number of benzene rings is 2. The summed E-state index contributed by atoms with van der Waals surface area (Å²) in [6.45, 7) is -0.354. The Bertz CT molecular complexity index is 851. The van der Waals surface area contributed by atoms with E-state index in [2.05, 4.69) is 0 Å². The molecule has 0 amide bonds. The minimum atomic E-state index is -1.05. The Hall–Kier alpha value is -2.60. The molecule has 3 rings (SSSR count). The van der Waals surface area contributed by atoms with Gasteiger partial charge in [0, 0.05) is 6.07 Å². The number of carboxylic acid groups (broad SMARTS) is 1. The third kappa shape index (κ3) is 2.80. The molecule has 0 radical (unpaired) electrons. The van der Waals surface area contributed by atoms with Crippen molar-refractivity contribution in [3.63, 3.8) is 0 Å². The van der Waals surface area contributed by atoms with Crippen LogP contribution in [0.15, 0.2) is 53.3 Å². The van der Waals surface area contributed by atoms with Gasteiger partial charge in [0.2, 0.25) is 0 Å². The Labute approximate surface area is 123 Å². The van der Waals surface area contributed by atoms with Crippen molar-refractivity contribution in [1.29, 1.82) is 0 Å². The Balaban J connectivity index is 2.02. The fourth-order valence-electron chi connectivity index (χ4n) is 2.02. The number of carbonyl (C=O) groups is 1. The van der Waals surface area contributed by atoms with Crippen LogP contribution in [0, 0.1) is 0 Å². The average Bonchev–Trinajstić information content (AvgIpc) is 2.76. The van der Waals surface area contributed by atoms with E-state index in [1.165, 1.54) is 4.57 Å². The molecule has 1 aromatic heterocycles. The second-order valence-corrected chi connectivity index (χ2v) is 5.39. The Morgan fingerprint density at radius 2 is 1.90 bits per heavy atom. The molecule has 6 heteroatoms. The van der Waals surface area contributed by atoms with Crippen LogP contribution in [0.4, 0.5) is 0 Å². The van der Waals surface area contributed by atoms with E-state index in [1.807, 2.05) is 30.3 Å². The molecular formula is C15H11NO4S. The Kier molecular flexibility index (Phi) is 3.45. The second-order valence-electron chi connectivity index (χ2n) is 4.39. The summed E-state index contributed by atoms with van der Waals surface area (Å²) in [5, 5.41) is 8.89. The molecule has 21 heavy (non-hydrogen) atoms. The third-order valence-electron chi connectivity index (χ3n) is 2.91. The monoisotopic (exact) mass is 301 g/mol. The predicted octanol–water partition coefficient (Wildman–Crippen LogP) is 2.94. The van der Waals surface area contributed by atoms with Crippen LogP contribution in [-0.4, -0.2) is 15.6 Å². The molecule has 0 aliphatic heterocycles. The van der Waals surface area contributed by atoms with Gasteiger partial charge in [-0.05, 0) is 24.3 Å². The van der Waals surface area contributed by atoms with Gasteiger partial charge >= 0.3 is 10.8 Å². The molecule has 0 saturated carbocycles. The third-order valence-corrected chi connectivity index (χ3v) is 3.87. The number of rotatable bonds is 4. The van der Waals surface area contributed by atoms with Crippen LogP contribution in [-0.2, 0) is 11.3 Å². The predicted molar refractivity (Wildman–Crippen MR) is 80.2 cm³/mol. The van der Waals surface area contributed by atoms with E-state index in [-0.39, 0.29) is 11.4 Å². The first-order chi connectivity index (χ1) is 10.1. The summed E-state index contributed by atoms with van der Waals surface area (Å²) < 4.78 is 7.67. The van der Waals surface area contributed by atoms with Crippen molar-refractivity contribution < 1.29 is 14.6 Å². The standard InChI is InChI=1S/C15H11NO4S/c17-14(18)9-16-12-8-11(6-7-13(12)21-15(16)19)20-10-4-2-1-3-5-10/h1-8H,9H2,(H,17,18). The number of aliphatic carboxylic acids is 1. The molecule has 0 fully saturated rings. The zero-order chi connectivity index (χ0) is 14.8. The molecule has 106 valence electrons. The van der Waals surface area contributed by atoms with Crippen LogP contribution in [0.3, 0.4) is 0 Å². The maximum Gasteiger partial charge on any atom is 0.323 e. The van der Waals surface area contributed by atoms with Gasteiger partial charge < -0.3 is 9.84 Å². The highest BCUT2D eigenvalue weighted by Crippen LogP contribution is 2.26. The smallest absolute Gasteiger partial charge is 0.323 e. The normalized spacial score (nSPS) is 10.7. The summed E-state index contributed by atoms with van der Waals surface area (Å²) >= 11 is 1.02. The molecule has 0 saturated heterocycles. The number of thiazole rings is 1. The van der Waals surface area contributed by atoms with Crippen LogP contribution in [0.5, 0.6) is 11.5 Å². The van der Waals surface area contributed by atoms with Gasteiger partial charge in [0.15, 0.2) is 0 Å². The topological polar surface area (TPSA) is 68.5 Å². The highest BCUT2D eigenvalue weighted by Gasteiger charge is 2.11. The number of carboxylic acids is 1. The Morgan fingerprint density at radius 3 is 2.62 bits per heavy atom. The lowest BCUT2D eigenvalue weighted by Gasteiger charge is -2.06. The molecule has 5 nitrogen and oxygen atoms in total. The van der Waals surface area contributed by atoms with Crippen LogP contribution in [0.1, 0.15) is 0 Å². The van der Waals surface area contributed by atoms with Crippen LogP contribution >= 0.6 is 11.3 Å². The lowest BCUT2D eigenvalue weighted by atomic mass is 10.3. The number of hydrogen-bond donors (Lipinski definition) is 1. The minimum absolute atomic E-state index is 0.288. The number of ether oxygens (including phenoxy) is 1. The minimum Gasteiger partial charge on any atom is -0.480 e. The summed E-state index contributed by atoms with van der Waals surface area (Å²) in [6, 6.07) is 14.5. The highest BCUT2D eigenvalue weighted by atomic mass is 32.1. The van der Waals surface area contributed by atoms with Gasteiger partial charge in [-0.1, -0.05) is 29.5 Å². The summed E-state index contributed by atoms with van der Waals surface area (Å²) in [5.41, 5.74) is 0.570. The summed E-state index contributed by atoms with van der Waals surface area (Å²) in [7, 11) is 0. The van der Waals surface area contributed by atoms with Gasteiger partial charge in [-0.3, -0.25) is 14.2 Å². The molecule has 2 aromatic carbocycles. The zero-order valence-corrected chi connectivity index (χ0v) is 11.7. The molecule has 0 aliphatic rings. The van der Waals surface area contributed by atoms with E-state index in [9.17, 15) is 9.59 Å². The summed E-state index contributed by atoms with van der Waals surface area (Å²) in [4.78, 5) is 22.4. The van der Waals surface area contributed by atoms with Crippen LogP contribution < -0.4 is 9.61 Å². The van der Waals surface area contributed by atoms with E-state index in [0.29, 0.717) is 17.0 Å². The largest absolute Gasteiger partial charge is 0.480 e. The van der Waals surface area contributed by atoms with E-state index >= 15 is 0 Å². The SMILES string of the molecule is O=C(O)Cn1c(=O)sc2ccc(Oc3ccccc3)cc21. The maximum atomic E-state index is 11.8. The van der Waals surface area contributed by atoms with Crippen molar-refractivity contribution in [3.05, 3.63) is 58.2 Å². The first kappa shape index (κ1) is 13.4. The van der Waals surface area contributed by atoms with Crippen LogP contribution in [0.25, 0.3) is 10.2 Å². The fourth-order valence-corrected chi connectivity index (χ4v) is 2.89. The average molecular weight is 301 g/mol. The van der Waals surface area contributed by atoms with Crippen molar-refractivity contribution >= 4 is 27.5 Å². The molecule has 0 spiro atoms. The molecule has 1 N–H and O–H groups in total. The quantitative estimate of drug-likeness (QED) is 0.804. The molecule has 0 aliphatic carbocycles. The highest BCUT2D eigenvalue weighted by molar-refractivity contribution is 7.16. The van der Waals surface area contributed by atoms with Crippen LogP contribution in [0.2, 0.25) is 0 Å². The van der Waals surface area contributed by atoms with Crippen molar-refractivity contribution in [1.82, 2.24) is 4.57 Å². The number of nitrogens with zero attached hydrogens (tertiary/aromatic N) is 1. The first-order valence-electron chi connectivity index (χ1n) is 6.21. The molecular weight excluding hydrogens is 290 g/mol. The fraction of sp³-hybridized carbons (Fsp3) is 0.0667. The number of hydrogen-bond acceptors (Lipinski definition) is 4. The number of aromatic nitrogens is 1. The van der Waals surface area contributed by atoms with Crippen molar-refractivity contribution in [2.45, 2.75) is 6.54 Å². The molecule has 1 heterocycles. The zero-order valence-electron chi connectivity index (χ0n) is 10.9. The molecule has 3 aromatic rings. The van der Waals surface area contributed by atoms with Gasteiger partial charge in [0.05, 0.1) is 10.2 Å². The van der Waals surface area contributed by atoms with Gasteiger partial charge in [0.25, 0.3) is 0 Å².